The van der Waals surface area contributed by atoms with Gasteiger partial charge >= 0.3 is 0 Å². The first-order valence-electron chi connectivity index (χ1n) is 11.9. The summed E-state index contributed by atoms with van der Waals surface area (Å²) in [5.74, 6) is 1.19. The Morgan fingerprint density at radius 2 is 1.89 bits per heavy atom. The van der Waals surface area contributed by atoms with Crippen LogP contribution in [-0.2, 0) is 7.05 Å². The minimum absolute atomic E-state index is 0.0823. The Balaban J connectivity index is 1.52. The average Bonchev–Trinajstić information content (AvgIpc) is 3.54. The van der Waals surface area contributed by atoms with Gasteiger partial charge in [0.15, 0.2) is 0 Å². The summed E-state index contributed by atoms with van der Waals surface area (Å²) in [4.78, 5) is 36.1. The van der Waals surface area contributed by atoms with Crippen LogP contribution in [-0.4, -0.2) is 59.0 Å². The number of hydrogen-bond donors (Lipinski definition) is 2. The van der Waals surface area contributed by atoms with Gasteiger partial charge in [-0.15, -0.1) is 0 Å². The number of methoxy groups -OCH3 is 1. The van der Waals surface area contributed by atoms with Crippen molar-refractivity contribution in [3.63, 3.8) is 0 Å². The highest BCUT2D eigenvalue weighted by Gasteiger charge is 2.28. The summed E-state index contributed by atoms with van der Waals surface area (Å²) in [5.41, 5.74) is 5.06. The zero-order valence-corrected chi connectivity index (χ0v) is 21.1. The number of benzene rings is 2. The number of amides is 2. The second-order valence-electron chi connectivity index (χ2n) is 9.14. The van der Waals surface area contributed by atoms with Crippen molar-refractivity contribution in [3.8, 4) is 16.9 Å². The molecule has 1 aliphatic heterocycles. The van der Waals surface area contributed by atoms with Gasteiger partial charge in [0.05, 0.1) is 30.9 Å². The van der Waals surface area contributed by atoms with Crippen LogP contribution in [0.2, 0.25) is 0 Å². The van der Waals surface area contributed by atoms with Crippen molar-refractivity contribution in [1.29, 1.82) is 0 Å². The van der Waals surface area contributed by atoms with Gasteiger partial charge in [0.25, 0.3) is 11.8 Å². The maximum atomic E-state index is 13.1. The van der Waals surface area contributed by atoms with Crippen LogP contribution >= 0.6 is 0 Å². The topological polar surface area (TPSA) is 101 Å². The van der Waals surface area contributed by atoms with Gasteiger partial charge in [-0.05, 0) is 29.8 Å². The van der Waals surface area contributed by atoms with Crippen LogP contribution in [0.4, 0.5) is 11.5 Å². The third-order valence-electron chi connectivity index (χ3n) is 6.57. The van der Waals surface area contributed by atoms with Crippen molar-refractivity contribution in [1.82, 2.24) is 19.4 Å². The summed E-state index contributed by atoms with van der Waals surface area (Å²) in [7, 11) is 6.78. The quantitative estimate of drug-likeness (QED) is 0.418. The number of rotatable bonds is 6. The maximum Gasteiger partial charge on any atom is 0.273 e. The molecule has 37 heavy (non-hydrogen) atoms. The minimum Gasteiger partial charge on any atom is -0.496 e. The predicted octanol–water partition coefficient (Wildman–Crippen LogP) is 4.00. The average molecular weight is 497 g/mol. The van der Waals surface area contributed by atoms with Crippen LogP contribution in [0.15, 0.2) is 67.3 Å². The van der Waals surface area contributed by atoms with Gasteiger partial charge < -0.3 is 24.8 Å². The highest BCUT2D eigenvalue weighted by molar-refractivity contribution is 6.08. The van der Waals surface area contributed by atoms with Crippen molar-refractivity contribution in [2.75, 3.05) is 38.4 Å². The van der Waals surface area contributed by atoms with E-state index in [1.807, 2.05) is 24.3 Å². The lowest BCUT2D eigenvalue weighted by Crippen LogP contribution is -2.24. The first kappa shape index (κ1) is 24.1. The van der Waals surface area contributed by atoms with Crippen LogP contribution in [0.25, 0.3) is 11.1 Å². The summed E-state index contributed by atoms with van der Waals surface area (Å²) in [6, 6.07) is 15.5. The summed E-state index contributed by atoms with van der Waals surface area (Å²) in [6.07, 6.45) is 4.83. The fourth-order valence-electron chi connectivity index (χ4n) is 4.61. The lowest BCUT2D eigenvalue weighted by Gasteiger charge is -2.17. The number of nitrogens with one attached hydrogen (secondary N) is 2. The standard InChI is InChI=1S/C28H28N6O3/c1-33(2)28(36)21-11-17(9-10-23(21)32-27(35)24-15-29-16-34(24)3)18-12-20-22(14-31-26(20)30-13-18)19-7-5-6-8-25(19)37-4/h5-13,15-16,22H,14H2,1-4H3,(H,30,31)(H,32,35). The number of ether oxygens (including phenoxy) is 1. The number of hydrogen-bond acceptors (Lipinski definition) is 6. The number of anilines is 2. The second kappa shape index (κ2) is 9.77. The zero-order valence-electron chi connectivity index (χ0n) is 21.1. The van der Waals surface area contributed by atoms with E-state index in [0.29, 0.717) is 16.9 Å². The summed E-state index contributed by atoms with van der Waals surface area (Å²) in [5, 5.41) is 6.25. The first-order valence-corrected chi connectivity index (χ1v) is 11.9. The third-order valence-corrected chi connectivity index (χ3v) is 6.57. The van der Waals surface area contributed by atoms with E-state index in [-0.39, 0.29) is 17.7 Å². The maximum absolute atomic E-state index is 13.1. The normalized spacial score (nSPS) is 14.0. The summed E-state index contributed by atoms with van der Waals surface area (Å²) in [6.45, 7) is 0.718. The highest BCUT2D eigenvalue weighted by atomic mass is 16.5. The van der Waals surface area contributed by atoms with E-state index in [9.17, 15) is 9.59 Å². The number of pyridine rings is 1. The van der Waals surface area contributed by atoms with E-state index >= 15 is 0 Å². The van der Waals surface area contributed by atoms with E-state index in [2.05, 4.69) is 32.7 Å². The fraction of sp³-hybridized carbons (Fsp3) is 0.214. The van der Waals surface area contributed by atoms with Crippen molar-refractivity contribution < 1.29 is 14.3 Å². The Bertz CT molecular complexity index is 1490. The molecule has 1 unspecified atom stereocenters. The predicted molar refractivity (Wildman–Crippen MR) is 142 cm³/mol. The number of aromatic nitrogens is 3. The van der Waals surface area contributed by atoms with Gasteiger partial charge in [0.1, 0.15) is 17.3 Å². The van der Waals surface area contributed by atoms with Crippen LogP contribution < -0.4 is 15.4 Å². The molecular weight excluding hydrogens is 468 g/mol. The Labute approximate surface area is 215 Å². The molecule has 9 nitrogen and oxygen atoms in total. The summed E-state index contributed by atoms with van der Waals surface area (Å²) < 4.78 is 7.23. The first-order chi connectivity index (χ1) is 17.9. The Kier molecular flexibility index (Phi) is 6.35. The highest BCUT2D eigenvalue weighted by Crippen LogP contribution is 2.40. The van der Waals surface area contributed by atoms with Crippen LogP contribution in [0.1, 0.15) is 37.9 Å². The molecule has 1 atom stereocenters. The van der Waals surface area contributed by atoms with Gasteiger partial charge in [0.2, 0.25) is 0 Å². The Morgan fingerprint density at radius 3 is 2.62 bits per heavy atom. The number of fused-ring (bicyclic) bond motifs is 1. The van der Waals surface area contributed by atoms with Crippen molar-refractivity contribution >= 4 is 23.3 Å². The fourth-order valence-corrected chi connectivity index (χ4v) is 4.61. The smallest absolute Gasteiger partial charge is 0.273 e. The van der Waals surface area contributed by atoms with Crippen molar-refractivity contribution in [3.05, 3.63) is 89.6 Å². The number of para-hydroxylation sites is 1. The van der Waals surface area contributed by atoms with Crippen LogP contribution in [0.5, 0.6) is 5.75 Å². The molecule has 4 aromatic rings. The number of aryl methyl sites for hydroxylation is 1. The van der Waals surface area contributed by atoms with Gasteiger partial charge in [-0.2, -0.15) is 0 Å². The van der Waals surface area contributed by atoms with E-state index in [1.165, 1.54) is 11.1 Å². The molecule has 0 spiro atoms. The van der Waals surface area contributed by atoms with Crippen molar-refractivity contribution in [2.45, 2.75) is 5.92 Å². The molecule has 0 bridgehead atoms. The van der Waals surface area contributed by atoms with E-state index in [0.717, 1.165) is 40.4 Å². The van der Waals surface area contributed by atoms with Crippen LogP contribution in [0, 0.1) is 0 Å². The molecule has 2 N–H and O–H groups in total. The van der Waals surface area contributed by atoms with E-state index < -0.39 is 0 Å². The molecule has 1 aliphatic rings. The second-order valence-corrected chi connectivity index (χ2v) is 9.14. The molecule has 0 saturated heterocycles. The number of imidazole rings is 1. The Hall–Kier alpha value is -4.66. The zero-order chi connectivity index (χ0) is 26.1. The van der Waals surface area contributed by atoms with Gasteiger partial charge in [-0.1, -0.05) is 24.3 Å². The molecule has 0 radical (unpaired) electrons. The molecule has 5 rings (SSSR count). The van der Waals surface area contributed by atoms with Gasteiger partial charge in [-0.3, -0.25) is 9.59 Å². The monoisotopic (exact) mass is 496 g/mol. The molecule has 2 amide bonds. The minimum atomic E-state index is -0.342. The Morgan fingerprint density at radius 1 is 1.08 bits per heavy atom. The van der Waals surface area contributed by atoms with Gasteiger partial charge in [0, 0.05) is 56.5 Å². The molecular formula is C28H28N6O3. The molecule has 2 aromatic carbocycles. The molecule has 9 heteroatoms. The van der Waals surface area contributed by atoms with Crippen LogP contribution in [0.3, 0.4) is 0 Å². The van der Waals surface area contributed by atoms with Gasteiger partial charge in [-0.25, -0.2) is 9.97 Å². The SMILES string of the molecule is COc1ccccc1C1CNc2ncc(-c3ccc(NC(=O)c4cncn4C)c(C(=O)N(C)C)c3)cc21. The third kappa shape index (κ3) is 4.51. The number of carbonyl (C=O) groups is 2. The largest absolute Gasteiger partial charge is 0.496 e. The lowest BCUT2D eigenvalue weighted by molar-refractivity contribution is 0.0828. The molecule has 0 aliphatic carbocycles. The van der Waals surface area contributed by atoms with E-state index in [4.69, 9.17) is 4.74 Å². The number of carbonyl (C=O) groups excluding carboxylic acids is 2. The molecule has 3 heterocycles. The molecule has 0 saturated carbocycles. The molecule has 0 fully saturated rings. The van der Waals surface area contributed by atoms with Crippen molar-refractivity contribution in [2.24, 2.45) is 7.05 Å². The van der Waals surface area contributed by atoms with E-state index in [1.54, 1.807) is 57.5 Å². The lowest BCUT2D eigenvalue weighted by atomic mass is 9.91. The number of nitrogens with zero attached hydrogens (tertiary/aromatic N) is 4. The molecule has 2 aromatic heterocycles. The summed E-state index contributed by atoms with van der Waals surface area (Å²) >= 11 is 0. The molecule has 188 valence electrons.